The monoisotopic (exact) mass is 484 g/mol. The van der Waals surface area contributed by atoms with Crippen LogP contribution in [0.2, 0.25) is 0 Å². The lowest BCUT2D eigenvalue weighted by atomic mass is 10.2. The molecule has 0 amide bonds. The Morgan fingerprint density at radius 3 is 2.56 bits per heavy atom. The van der Waals surface area contributed by atoms with Gasteiger partial charge in [-0.1, -0.05) is 18.2 Å². The Hall–Kier alpha value is -2.03. The molecule has 0 radical (unpaired) electrons. The van der Waals surface area contributed by atoms with E-state index in [2.05, 4.69) is 20.6 Å². The van der Waals surface area contributed by atoms with Crippen LogP contribution in [0.15, 0.2) is 47.6 Å². The molecule has 1 heterocycles. The highest BCUT2D eigenvalue weighted by molar-refractivity contribution is 14.0. The number of aromatic nitrogens is 1. The number of guanidine groups is 1. The summed E-state index contributed by atoms with van der Waals surface area (Å²) in [6, 6.07) is 11.6. The number of methoxy groups -OCH3 is 1. The number of pyridine rings is 1. The van der Waals surface area contributed by atoms with Crippen LogP contribution >= 0.6 is 24.0 Å². The second-order valence-corrected chi connectivity index (χ2v) is 5.92. The molecule has 1 aromatic heterocycles. The normalized spacial score (nSPS) is 11.9. The number of rotatable bonds is 8. The molecular formula is C20H29IN4O2. The van der Waals surface area contributed by atoms with Crippen molar-refractivity contribution in [1.82, 2.24) is 15.6 Å². The summed E-state index contributed by atoms with van der Waals surface area (Å²) < 4.78 is 11.3. The van der Waals surface area contributed by atoms with E-state index < -0.39 is 0 Å². The summed E-state index contributed by atoms with van der Waals surface area (Å²) in [4.78, 5) is 8.99. The average Bonchev–Trinajstić information content (AvgIpc) is 2.65. The Balaban J connectivity index is 0.00000364. The predicted octanol–water partition coefficient (Wildman–Crippen LogP) is 3.54. The van der Waals surface area contributed by atoms with Crippen molar-refractivity contribution in [2.24, 2.45) is 4.99 Å². The molecule has 0 fully saturated rings. The quantitative estimate of drug-likeness (QED) is 0.341. The number of ether oxygens (including phenoxy) is 2. The molecule has 7 heteroatoms. The molecule has 2 aromatic rings. The van der Waals surface area contributed by atoms with Gasteiger partial charge in [0, 0.05) is 12.7 Å². The van der Waals surface area contributed by atoms with Gasteiger partial charge in [-0.05, 0) is 44.5 Å². The lowest BCUT2D eigenvalue weighted by Gasteiger charge is -2.19. The van der Waals surface area contributed by atoms with Gasteiger partial charge >= 0.3 is 0 Å². The minimum atomic E-state index is -0.0493. The number of benzene rings is 1. The highest BCUT2D eigenvalue weighted by atomic mass is 127. The molecule has 148 valence electrons. The zero-order valence-corrected chi connectivity index (χ0v) is 18.7. The number of para-hydroxylation sites is 2. The molecule has 0 aliphatic heterocycles. The fourth-order valence-electron chi connectivity index (χ4n) is 2.39. The lowest BCUT2D eigenvalue weighted by molar-refractivity contribution is 0.213. The van der Waals surface area contributed by atoms with E-state index in [0.29, 0.717) is 13.1 Å². The maximum atomic E-state index is 5.96. The van der Waals surface area contributed by atoms with Gasteiger partial charge in [-0.3, -0.25) is 4.98 Å². The van der Waals surface area contributed by atoms with E-state index in [0.717, 1.165) is 35.3 Å². The third-order valence-corrected chi connectivity index (χ3v) is 3.80. The molecule has 27 heavy (non-hydrogen) atoms. The van der Waals surface area contributed by atoms with Crippen LogP contribution in [0.4, 0.5) is 0 Å². The number of hydrogen-bond donors (Lipinski definition) is 2. The summed E-state index contributed by atoms with van der Waals surface area (Å²) in [5.74, 6) is 2.20. The zero-order valence-electron chi connectivity index (χ0n) is 16.4. The van der Waals surface area contributed by atoms with Crippen LogP contribution in [0.1, 0.15) is 25.1 Å². The van der Waals surface area contributed by atoms with Gasteiger partial charge in [0.05, 0.1) is 25.9 Å². The van der Waals surface area contributed by atoms with Crippen molar-refractivity contribution in [1.29, 1.82) is 0 Å². The fourth-order valence-corrected chi connectivity index (χ4v) is 2.39. The topological polar surface area (TPSA) is 67.8 Å². The number of nitrogens with zero attached hydrogens (tertiary/aromatic N) is 2. The molecule has 1 atom stereocenters. The predicted molar refractivity (Wildman–Crippen MR) is 120 cm³/mol. The summed E-state index contributed by atoms with van der Waals surface area (Å²) in [5.41, 5.74) is 2.11. The number of nitrogens with one attached hydrogen (secondary N) is 2. The average molecular weight is 484 g/mol. The molecule has 1 aromatic carbocycles. The van der Waals surface area contributed by atoms with Crippen LogP contribution in [0.3, 0.4) is 0 Å². The Morgan fingerprint density at radius 2 is 1.89 bits per heavy atom. The fraction of sp³-hybridized carbons (Fsp3) is 0.400. The highest BCUT2D eigenvalue weighted by Crippen LogP contribution is 2.26. The first-order chi connectivity index (χ1) is 12.6. The summed E-state index contributed by atoms with van der Waals surface area (Å²) >= 11 is 0. The molecule has 0 aliphatic carbocycles. The van der Waals surface area contributed by atoms with Crippen LogP contribution in [0, 0.1) is 6.92 Å². The number of halogens is 1. The van der Waals surface area contributed by atoms with Crippen molar-refractivity contribution in [2.45, 2.75) is 33.4 Å². The molecule has 0 bridgehead atoms. The molecule has 0 saturated heterocycles. The summed E-state index contributed by atoms with van der Waals surface area (Å²) in [6.07, 6.45) is 1.74. The molecule has 1 unspecified atom stereocenters. The molecular weight excluding hydrogens is 455 g/mol. The third kappa shape index (κ3) is 7.62. The van der Waals surface area contributed by atoms with Gasteiger partial charge in [-0.25, -0.2) is 4.99 Å². The van der Waals surface area contributed by atoms with Crippen LogP contribution in [0.5, 0.6) is 11.5 Å². The van der Waals surface area contributed by atoms with E-state index in [1.54, 1.807) is 13.3 Å². The van der Waals surface area contributed by atoms with Crippen molar-refractivity contribution in [3.63, 3.8) is 0 Å². The van der Waals surface area contributed by atoms with E-state index in [1.807, 2.05) is 57.2 Å². The lowest BCUT2D eigenvalue weighted by Crippen LogP contribution is -2.41. The summed E-state index contributed by atoms with van der Waals surface area (Å²) in [6.45, 7) is 8.02. The first kappa shape index (κ1) is 23.0. The number of aliphatic imine (C=N–C) groups is 1. The van der Waals surface area contributed by atoms with Gasteiger partial charge in [0.15, 0.2) is 17.5 Å². The number of hydrogen-bond acceptors (Lipinski definition) is 4. The minimum Gasteiger partial charge on any atom is -0.493 e. The maximum Gasteiger partial charge on any atom is 0.191 e. The van der Waals surface area contributed by atoms with Crippen molar-refractivity contribution in [2.75, 3.05) is 20.2 Å². The van der Waals surface area contributed by atoms with Gasteiger partial charge in [0.2, 0.25) is 0 Å². The maximum absolute atomic E-state index is 5.96. The van der Waals surface area contributed by atoms with Crippen LogP contribution in [0.25, 0.3) is 0 Å². The first-order valence-electron chi connectivity index (χ1n) is 8.86. The van der Waals surface area contributed by atoms with Gasteiger partial charge in [0.1, 0.15) is 6.10 Å². The molecule has 0 saturated carbocycles. The van der Waals surface area contributed by atoms with E-state index in [9.17, 15) is 0 Å². The molecule has 0 aliphatic rings. The minimum absolute atomic E-state index is 0. The van der Waals surface area contributed by atoms with E-state index in [1.165, 1.54) is 0 Å². The second-order valence-electron chi connectivity index (χ2n) is 5.92. The Kier molecular flexibility index (Phi) is 10.5. The van der Waals surface area contributed by atoms with Gasteiger partial charge < -0.3 is 20.1 Å². The largest absolute Gasteiger partial charge is 0.493 e. The van der Waals surface area contributed by atoms with Crippen LogP contribution in [-0.4, -0.2) is 37.2 Å². The van der Waals surface area contributed by atoms with E-state index in [-0.39, 0.29) is 30.1 Å². The summed E-state index contributed by atoms with van der Waals surface area (Å²) in [7, 11) is 1.64. The Morgan fingerprint density at radius 1 is 1.15 bits per heavy atom. The standard InChI is InChI=1S/C20H28N4O2.HI/c1-5-21-20(24-14-17-15(2)9-8-12-22-17)23-13-16(3)26-19-11-7-6-10-18(19)25-4;/h6-12,16H,5,13-14H2,1-4H3,(H2,21,23,24);1H. The molecule has 0 spiro atoms. The van der Waals surface area contributed by atoms with E-state index in [4.69, 9.17) is 9.47 Å². The van der Waals surface area contributed by atoms with Crippen molar-refractivity contribution >= 4 is 29.9 Å². The van der Waals surface area contributed by atoms with E-state index >= 15 is 0 Å². The van der Waals surface area contributed by atoms with Gasteiger partial charge in [-0.15, -0.1) is 24.0 Å². The third-order valence-electron chi connectivity index (χ3n) is 3.80. The van der Waals surface area contributed by atoms with Crippen molar-refractivity contribution < 1.29 is 9.47 Å². The van der Waals surface area contributed by atoms with Gasteiger partial charge in [-0.2, -0.15) is 0 Å². The Bertz CT molecular complexity index is 725. The Labute approximate surface area is 178 Å². The SMILES string of the molecule is CCNC(=NCc1ncccc1C)NCC(C)Oc1ccccc1OC.I. The molecule has 2 rings (SSSR count). The highest BCUT2D eigenvalue weighted by Gasteiger charge is 2.09. The smallest absolute Gasteiger partial charge is 0.191 e. The van der Waals surface area contributed by atoms with Crippen molar-refractivity contribution in [3.8, 4) is 11.5 Å². The van der Waals surface area contributed by atoms with Crippen LogP contribution < -0.4 is 20.1 Å². The van der Waals surface area contributed by atoms with Gasteiger partial charge in [0.25, 0.3) is 0 Å². The second kappa shape index (κ2) is 12.4. The van der Waals surface area contributed by atoms with Crippen LogP contribution in [-0.2, 0) is 6.54 Å². The number of aryl methyl sites for hydroxylation is 1. The first-order valence-corrected chi connectivity index (χ1v) is 8.86. The zero-order chi connectivity index (χ0) is 18.8. The van der Waals surface area contributed by atoms with Crippen molar-refractivity contribution in [3.05, 3.63) is 53.9 Å². The molecule has 2 N–H and O–H groups in total. The summed E-state index contributed by atoms with van der Waals surface area (Å²) in [5, 5.41) is 6.56. The molecule has 6 nitrogen and oxygen atoms in total.